The minimum absolute atomic E-state index is 0.0517. The molecule has 4 rings (SSSR count). The van der Waals surface area contributed by atoms with E-state index in [0.29, 0.717) is 31.9 Å². The van der Waals surface area contributed by atoms with Gasteiger partial charge in [0.05, 0.1) is 31.5 Å². The van der Waals surface area contributed by atoms with Gasteiger partial charge in [0.15, 0.2) is 11.5 Å². The number of ether oxygens (including phenoxy) is 3. The molecule has 2 aliphatic heterocycles. The summed E-state index contributed by atoms with van der Waals surface area (Å²) in [6, 6.07) is 11.8. The molecule has 1 atom stereocenters. The van der Waals surface area contributed by atoms with Crippen LogP contribution in [0.1, 0.15) is 40.1 Å². The van der Waals surface area contributed by atoms with Gasteiger partial charge >= 0.3 is 5.97 Å². The molecule has 38 heavy (non-hydrogen) atoms. The van der Waals surface area contributed by atoms with Crippen LogP contribution >= 0.6 is 0 Å². The number of esters is 1. The van der Waals surface area contributed by atoms with E-state index >= 15 is 0 Å². The normalized spacial score (nSPS) is 16.2. The van der Waals surface area contributed by atoms with Crippen LogP contribution < -0.4 is 9.47 Å². The van der Waals surface area contributed by atoms with Gasteiger partial charge in [0.1, 0.15) is 17.7 Å². The summed E-state index contributed by atoms with van der Waals surface area (Å²) in [4.78, 5) is 54.5. The summed E-state index contributed by atoms with van der Waals surface area (Å²) >= 11 is 0. The van der Waals surface area contributed by atoms with Crippen molar-refractivity contribution in [2.45, 2.75) is 19.9 Å². The first kappa shape index (κ1) is 26.6. The minimum Gasteiger partial charge on any atom is -0.493 e. The van der Waals surface area contributed by atoms with Crippen LogP contribution in [0.5, 0.6) is 11.5 Å². The lowest BCUT2D eigenvalue weighted by Gasteiger charge is -2.27. The molecule has 10 nitrogen and oxygen atoms in total. The summed E-state index contributed by atoms with van der Waals surface area (Å²) in [5, 5.41) is 9.56. The number of carbonyl (C=O) groups is 4. The Morgan fingerprint density at radius 3 is 2.21 bits per heavy atom. The molecule has 2 aromatic rings. The van der Waals surface area contributed by atoms with Crippen molar-refractivity contribution in [3.05, 3.63) is 64.7 Å². The summed E-state index contributed by atoms with van der Waals surface area (Å²) in [5.41, 5.74) is 0.916. The van der Waals surface area contributed by atoms with Crippen molar-refractivity contribution in [3.8, 4) is 17.6 Å². The van der Waals surface area contributed by atoms with E-state index in [1.165, 1.54) is 25.3 Å². The number of fused-ring (bicyclic) bond motifs is 1. The van der Waals surface area contributed by atoms with Gasteiger partial charge in [-0.25, -0.2) is 4.79 Å². The van der Waals surface area contributed by atoms with E-state index in [1.807, 2.05) is 6.07 Å². The second kappa shape index (κ2) is 11.3. The third kappa shape index (κ3) is 5.14. The summed E-state index contributed by atoms with van der Waals surface area (Å²) in [6.45, 7) is 5.07. The van der Waals surface area contributed by atoms with E-state index in [2.05, 4.69) is 0 Å². The van der Waals surface area contributed by atoms with Crippen LogP contribution in [0, 0.1) is 17.2 Å². The molecule has 196 valence electrons. The number of methoxy groups -OCH3 is 1. The van der Waals surface area contributed by atoms with Gasteiger partial charge in [0.25, 0.3) is 17.7 Å². The van der Waals surface area contributed by atoms with Gasteiger partial charge in [-0.3, -0.25) is 19.3 Å². The molecule has 2 heterocycles. The van der Waals surface area contributed by atoms with Gasteiger partial charge in [-0.05, 0) is 41.8 Å². The van der Waals surface area contributed by atoms with Crippen molar-refractivity contribution >= 4 is 29.8 Å². The first-order valence-corrected chi connectivity index (χ1v) is 12.1. The summed E-state index contributed by atoms with van der Waals surface area (Å²) < 4.78 is 16.3. The van der Waals surface area contributed by atoms with Crippen molar-refractivity contribution < 1.29 is 33.4 Å². The van der Waals surface area contributed by atoms with Crippen molar-refractivity contribution in [1.82, 2.24) is 9.80 Å². The number of carbonyl (C=O) groups excluding carboxylic acids is 4. The molecule has 0 bridgehead atoms. The van der Waals surface area contributed by atoms with Crippen molar-refractivity contribution in [2.75, 3.05) is 33.4 Å². The first-order chi connectivity index (χ1) is 18.3. The molecule has 2 aliphatic rings. The minimum atomic E-state index is -1.16. The van der Waals surface area contributed by atoms with E-state index in [9.17, 15) is 24.4 Å². The number of nitriles is 1. The molecule has 1 fully saturated rings. The lowest BCUT2D eigenvalue weighted by atomic mass is 10.0. The maximum atomic E-state index is 13.3. The Hall–Kier alpha value is -4.49. The summed E-state index contributed by atoms with van der Waals surface area (Å²) in [5.74, 6) is -2.49. The molecule has 0 N–H and O–H groups in total. The van der Waals surface area contributed by atoms with Crippen LogP contribution in [0.2, 0.25) is 0 Å². The molecule has 0 saturated carbocycles. The third-order valence-electron chi connectivity index (χ3n) is 6.34. The van der Waals surface area contributed by atoms with Gasteiger partial charge in [0.2, 0.25) is 0 Å². The van der Waals surface area contributed by atoms with Crippen LogP contribution in [0.3, 0.4) is 0 Å². The SMILES string of the molecule is COc1cc(/C=C(\C#N)C(=O)N2CCOCC2)ccc1OC(=O)C(C(C)C)N1C(=O)c2ccccc2C1=O. The van der Waals surface area contributed by atoms with E-state index in [0.717, 1.165) is 4.90 Å². The lowest BCUT2D eigenvalue weighted by Crippen LogP contribution is -2.49. The number of imide groups is 1. The summed E-state index contributed by atoms with van der Waals surface area (Å²) in [7, 11) is 1.38. The number of rotatable bonds is 7. The third-order valence-corrected chi connectivity index (χ3v) is 6.34. The zero-order valence-electron chi connectivity index (χ0n) is 21.3. The second-order valence-corrected chi connectivity index (χ2v) is 9.12. The monoisotopic (exact) mass is 517 g/mol. The second-order valence-electron chi connectivity index (χ2n) is 9.12. The molecule has 3 amide bonds. The Kier molecular flexibility index (Phi) is 7.88. The average Bonchev–Trinajstić information content (AvgIpc) is 3.17. The van der Waals surface area contributed by atoms with E-state index in [1.54, 1.807) is 49.1 Å². The number of nitrogens with zero attached hydrogens (tertiary/aromatic N) is 3. The smallest absolute Gasteiger partial charge is 0.335 e. The largest absolute Gasteiger partial charge is 0.493 e. The highest BCUT2D eigenvalue weighted by Gasteiger charge is 2.45. The fourth-order valence-corrected chi connectivity index (χ4v) is 4.41. The summed E-state index contributed by atoms with van der Waals surface area (Å²) in [6.07, 6.45) is 1.43. The van der Waals surface area contributed by atoms with Gasteiger partial charge in [-0.2, -0.15) is 5.26 Å². The standard InChI is InChI=1S/C28H27N3O7/c1-17(2)24(31-26(33)20-6-4-5-7-21(20)27(31)34)28(35)38-22-9-8-18(15-23(22)36-3)14-19(16-29)25(32)30-10-12-37-13-11-30/h4-9,14-15,17,24H,10-13H2,1-3H3/b19-14+. The van der Waals surface area contributed by atoms with Crippen LogP contribution in [-0.4, -0.2) is 72.9 Å². The van der Waals surface area contributed by atoms with Gasteiger partial charge in [-0.1, -0.05) is 32.0 Å². The molecule has 0 aliphatic carbocycles. The molecular weight excluding hydrogens is 490 g/mol. The topological polar surface area (TPSA) is 126 Å². The predicted octanol–water partition coefficient (Wildman–Crippen LogP) is 2.69. The molecule has 10 heteroatoms. The quantitative estimate of drug-likeness (QED) is 0.180. The zero-order valence-corrected chi connectivity index (χ0v) is 21.3. The van der Waals surface area contributed by atoms with Crippen LogP contribution in [0.25, 0.3) is 6.08 Å². The van der Waals surface area contributed by atoms with Gasteiger partial charge in [0, 0.05) is 13.1 Å². The number of hydrogen-bond donors (Lipinski definition) is 0. The highest BCUT2D eigenvalue weighted by Crippen LogP contribution is 2.32. The maximum absolute atomic E-state index is 13.3. The zero-order chi connectivity index (χ0) is 27.4. The van der Waals surface area contributed by atoms with Crippen molar-refractivity contribution in [3.63, 3.8) is 0 Å². The molecule has 0 spiro atoms. The van der Waals surface area contributed by atoms with E-state index in [-0.39, 0.29) is 28.2 Å². The predicted molar refractivity (Wildman–Crippen MR) is 135 cm³/mol. The Morgan fingerprint density at radius 2 is 1.66 bits per heavy atom. The molecule has 2 aromatic carbocycles. The number of amides is 3. The Morgan fingerprint density at radius 1 is 1.03 bits per heavy atom. The van der Waals surface area contributed by atoms with Gasteiger partial charge < -0.3 is 19.1 Å². The number of morpholine rings is 1. The highest BCUT2D eigenvalue weighted by atomic mass is 16.6. The fraction of sp³-hybridized carbons (Fsp3) is 0.321. The van der Waals surface area contributed by atoms with Crippen LogP contribution in [0.15, 0.2) is 48.0 Å². The lowest BCUT2D eigenvalue weighted by molar-refractivity contribution is -0.140. The maximum Gasteiger partial charge on any atom is 0.335 e. The van der Waals surface area contributed by atoms with Crippen molar-refractivity contribution in [2.24, 2.45) is 5.92 Å². The molecule has 1 saturated heterocycles. The van der Waals surface area contributed by atoms with E-state index < -0.39 is 35.7 Å². The Labute approximate surface area is 220 Å². The number of hydrogen-bond acceptors (Lipinski definition) is 8. The van der Waals surface area contributed by atoms with Gasteiger partial charge in [-0.15, -0.1) is 0 Å². The first-order valence-electron chi connectivity index (χ1n) is 12.1. The average molecular weight is 518 g/mol. The van der Waals surface area contributed by atoms with Crippen molar-refractivity contribution in [1.29, 1.82) is 5.26 Å². The molecular formula is C28H27N3O7. The van der Waals surface area contributed by atoms with E-state index in [4.69, 9.17) is 14.2 Å². The molecule has 0 aromatic heterocycles. The Balaban J connectivity index is 1.56. The fourth-order valence-electron chi connectivity index (χ4n) is 4.41. The number of benzene rings is 2. The van der Waals surface area contributed by atoms with Crippen LogP contribution in [-0.2, 0) is 14.3 Å². The molecule has 1 unspecified atom stereocenters. The Bertz CT molecular complexity index is 1320. The molecule has 0 radical (unpaired) electrons. The van der Waals surface area contributed by atoms with Crippen LogP contribution in [0.4, 0.5) is 0 Å². The highest BCUT2D eigenvalue weighted by molar-refractivity contribution is 6.22.